The van der Waals surface area contributed by atoms with Gasteiger partial charge in [0.15, 0.2) is 5.11 Å². The van der Waals surface area contributed by atoms with Crippen LogP contribution in [0.25, 0.3) is 0 Å². The zero-order valence-corrected chi connectivity index (χ0v) is 9.23. The van der Waals surface area contributed by atoms with Crippen molar-refractivity contribution < 1.29 is 4.79 Å². The minimum Gasteiger partial charge on any atom is -0.347 e. The molecule has 1 aliphatic rings. The van der Waals surface area contributed by atoms with Gasteiger partial charge in [0.05, 0.1) is 0 Å². The molecule has 1 aliphatic heterocycles. The second-order valence-electron chi connectivity index (χ2n) is 3.45. The van der Waals surface area contributed by atoms with Crippen molar-refractivity contribution in [2.24, 2.45) is 0 Å². The van der Waals surface area contributed by atoms with Gasteiger partial charge in [0.25, 0.3) is 5.91 Å². The maximum absolute atomic E-state index is 11.6. The fourth-order valence-electron chi connectivity index (χ4n) is 1.77. The van der Waals surface area contributed by atoms with E-state index in [1.54, 1.807) is 0 Å². The van der Waals surface area contributed by atoms with E-state index in [1.165, 1.54) is 5.56 Å². The summed E-state index contributed by atoms with van der Waals surface area (Å²) in [4.78, 5) is 11.6. The van der Waals surface area contributed by atoms with E-state index in [0.717, 1.165) is 12.0 Å². The molecule has 0 saturated carbocycles. The van der Waals surface area contributed by atoms with Crippen LogP contribution in [0.3, 0.4) is 0 Å². The van der Waals surface area contributed by atoms with Gasteiger partial charge in [0.1, 0.15) is 6.04 Å². The molecule has 2 N–H and O–H groups in total. The van der Waals surface area contributed by atoms with Crippen LogP contribution in [-0.4, -0.2) is 11.0 Å². The number of rotatable bonds is 2. The molecule has 1 aromatic carbocycles. The summed E-state index contributed by atoms with van der Waals surface area (Å²) in [6.45, 7) is 2.07. The first kappa shape index (κ1) is 10.1. The first-order valence-corrected chi connectivity index (χ1v) is 5.32. The predicted molar refractivity (Wildman–Crippen MR) is 62.4 cm³/mol. The number of benzene rings is 1. The Balaban J connectivity index is 2.37. The Morgan fingerprint density at radius 2 is 2.13 bits per heavy atom. The van der Waals surface area contributed by atoms with Crippen molar-refractivity contribution in [2.75, 3.05) is 0 Å². The van der Waals surface area contributed by atoms with Crippen molar-refractivity contribution in [1.29, 1.82) is 0 Å². The third-order valence-electron chi connectivity index (χ3n) is 2.52. The molecule has 0 aromatic heterocycles. The number of nitrogens with one attached hydrogen (secondary N) is 2. The molecule has 1 aromatic rings. The van der Waals surface area contributed by atoms with E-state index in [4.69, 9.17) is 12.2 Å². The average Bonchev–Trinajstić information content (AvgIpc) is 2.57. The van der Waals surface area contributed by atoms with E-state index in [-0.39, 0.29) is 11.9 Å². The SMILES string of the molecule is CCc1ccccc1C1NC(=S)NC1=O. The summed E-state index contributed by atoms with van der Waals surface area (Å²) in [6, 6.07) is 7.59. The summed E-state index contributed by atoms with van der Waals surface area (Å²) in [6.07, 6.45) is 0.911. The highest BCUT2D eigenvalue weighted by Gasteiger charge is 2.29. The van der Waals surface area contributed by atoms with Crippen LogP contribution in [0.2, 0.25) is 0 Å². The molecular weight excluding hydrogens is 208 g/mol. The summed E-state index contributed by atoms with van der Waals surface area (Å²) in [7, 11) is 0. The van der Waals surface area contributed by atoms with E-state index in [9.17, 15) is 4.79 Å². The van der Waals surface area contributed by atoms with Gasteiger partial charge in [-0.05, 0) is 29.8 Å². The largest absolute Gasteiger partial charge is 0.347 e. The van der Waals surface area contributed by atoms with Crippen molar-refractivity contribution in [2.45, 2.75) is 19.4 Å². The van der Waals surface area contributed by atoms with Gasteiger partial charge in [0.2, 0.25) is 0 Å². The number of carbonyl (C=O) groups excluding carboxylic acids is 1. The maximum atomic E-state index is 11.6. The zero-order valence-electron chi connectivity index (χ0n) is 8.41. The highest BCUT2D eigenvalue weighted by atomic mass is 32.1. The van der Waals surface area contributed by atoms with Crippen molar-refractivity contribution >= 4 is 23.2 Å². The molecule has 0 bridgehead atoms. The van der Waals surface area contributed by atoms with Crippen molar-refractivity contribution in [3.8, 4) is 0 Å². The topological polar surface area (TPSA) is 41.1 Å². The van der Waals surface area contributed by atoms with Gasteiger partial charge < -0.3 is 10.6 Å². The summed E-state index contributed by atoms with van der Waals surface area (Å²) in [5, 5.41) is 5.98. The molecule has 3 nitrogen and oxygen atoms in total. The minimum atomic E-state index is -0.325. The van der Waals surface area contributed by atoms with Crippen molar-refractivity contribution in [1.82, 2.24) is 10.6 Å². The second-order valence-corrected chi connectivity index (χ2v) is 3.86. The lowest BCUT2D eigenvalue weighted by Gasteiger charge is -2.12. The Morgan fingerprint density at radius 1 is 1.40 bits per heavy atom. The molecule has 2 rings (SSSR count). The Morgan fingerprint density at radius 3 is 2.73 bits per heavy atom. The molecular formula is C11H12N2OS. The molecule has 0 aliphatic carbocycles. The number of amides is 1. The number of hydrogen-bond donors (Lipinski definition) is 2. The third kappa shape index (κ3) is 1.85. The summed E-state index contributed by atoms with van der Waals surface area (Å²) < 4.78 is 0. The number of thiocarbonyl (C=S) groups is 1. The normalized spacial score (nSPS) is 19.9. The molecule has 15 heavy (non-hydrogen) atoms. The highest BCUT2D eigenvalue weighted by molar-refractivity contribution is 7.80. The lowest BCUT2D eigenvalue weighted by molar-refractivity contribution is -0.120. The van der Waals surface area contributed by atoms with Gasteiger partial charge in [-0.25, -0.2) is 0 Å². The van der Waals surface area contributed by atoms with Crippen LogP contribution >= 0.6 is 12.2 Å². The van der Waals surface area contributed by atoms with Gasteiger partial charge >= 0.3 is 0 Å². The first-order valence-electron chi connectivity index (χ1n) is 4.91. The molecule has 0 radical (unpaired) electrons. The number of hydrogen-bond acceptors (Lipinski definition) is 2. The van der Waals surface area contributed by atoms with Crippen LogP contribution < -0.4 is 10.6 Å². The van der Waals surface area contributed by atoms with Crippen LogP contribution in [0.4, 0.5) is 0 Å². The Kier molecular flexibility index (Phi) is 2.68. The molecule has 78 valence electrons. The van der Waals surface area contributed by atoms with Crippen LogP contribution in [-0.2, 0) is 11.2 Å². The highest BCUT2D eigenvalue weighted by Crippen LogP contribution is 2.21. The van der Waals surface area contributed by atoms with Gasteiger partial charge in [-0.15, -0.1) is 0 Å². The Labute approximate surface area is 93.9 Å². The average molecular weight is 220 g/mol. The van der Waals surface area contributed by atoms with E-state index in [2.05, 4.69) is 17.6 Å². The summed E-state index contributed by atoms with van der Waals surface area (Å²) in [5.74, 6) is -0.0686. The van der Waals surface area contributed by atoms with Crippen LogP contribution in [0.5, 0.6) is 0 Å². The quantitative estimate of drug-likeness (QED) is 0.738. The predicted octanol–water partition coefficient (Wildman–Crippen LogP) is 1.29. The number of carbonyl (C=O) groups is 1. The third-order valence-corrected chi connectivity index (χ3v) is 2.74. The lowest BCUT2D eigenvalue weighted by Crippen LogP contribution is -2.21. The standard InChI is InChI=1S/C11H12N2OS/c1-2-7-5-3-4-6-8(7)9-10(14)13-11(15)12-9/h3-6,9H,2H2,1H3,(H2,12,13,14,15). The molecule has 4 heteroatoms. The number of aryl methyl sites for hydroxylation is 1. The molecule has 1 atom stereocenters. The monoisotopic (exact) mass is 220 g/mol. The van der Waals surface area contributed by atoms with E-state index >= 15 is 0 Å². The van der Waals surface area contributed by atoms with E-state index in [0.29, 0.717) is 5.11 Å². The van der Waals surface area contributed by atoms with Gasteiger partial charge in [0, 0.05) is 0 Å². The summed E-state index contributed by atoms with van der Waals surface area (Å²) in [5.41, 5.74) is 2.19. The zero-order chi connectivity index (χ0) is 10.8. The van der Waals surface area contributed by atoms with Crippen molar-refractivity contribution in [3.63, 3.8) is 0 Å². The van der Waals surface area contributed by atoms with Crippen LogP contribution in [0.1, 0.15) is 24.1 Å². The Bertz CT molecular complexity index is 417. The smallest absolute Gasteiger partial charge is 0.253 e. The molecule has 1 fully saturated rings. The lowest BCUT2D eigenvalue weighted by atomic mass is 9.99. The maximum Gasteiger partial charge on any atom is 0.253 e. The molecule has 1 saturated heterocycles. The Hall–Kier alpha value is -1.42. The second kappa shape index (κ2) is 3.98. The van der Waals surface area contributed by atoms with E-state index < -0.39 is 0 Å². The molecule has 0 spiro atoms. The van der Waals surface area contributed by atoms with Crippen molar-refractivity contribution in [3.05, 3.63) is 35.4 Å². The van der Waals surface area contributed by atoms with Gasteiger partial charge in [-0.1, -0.05) is 31.2 Å². The van der Waals surface area contributed by atoms with Gasteiger partial charge in [-0.2, -0.15) is 0 Å². The molecule has 1 amide bonds. The molecule has 1 unspecified atom stereocenters. The summed E-state index contributed by atoms with van der Waals surface area (Å²) >= 11 is 4.91. The van der Waals surface area contributed by atoms with Gasteiger partial charge in [-0.3, -0.25) is 4.79 Å². The van der Waals surface area contributed by atoms with E-state index in [1.807, 2.05) is 24.3 Å². The first-order chi connectivity index (χ1) is 7.22. The van der Waals surface area contributed by atoms with Crippen LogP contribution in [0, 0.1) is 0 Å². The fraction of sp³-hybridized carbons (Fsp3) is 0.273. The minimum absolute atomic E-state index is 0.0686. The molecule has 1 heterocycles. The fourth-order valence-corrected chi connectivity index (χ4v) is 1.99. The van der Waals surface area contributed by atoms with Crippen LogP contribution in [0.15, 0.2) is 24.3 Å².